The van der Waals surface area contributed by atoms with Crippen LogP contribution in [0.15, 0.2) is 12.1 Å². The molecule has 0 aliphatic heterocycles. The normalized spacial score (nSPS) is 11.9. The number of nitro groups is 2. The average Bonchev–Trinajstić information content (AvgIpc) is 2.30. The van der Waals surface area contributed by atoms with Gasteiger partial charge in [0.25, 0.3) is 5.69 Å². The lowest BCUT2D eigenvalue weighted by atomic mass is 10.2. The second-order valence-electron chi connectivity index (χ2n) is 3.66. The number of nitro benzene ring substituents is 2. The molecule has 1 aromatic rings. The molecule has 98 valence electrons. The SMILES string of the molecule is CCC(C)Oc1cc([N+](=O)[O-])cc([N+](=O)[O-])c1O. The number of hydrogen-bond acceptors (Lipinski definition) is 6. The molecule has 8 nitrogen and oxygen atoms in total. The van der Waals surface area contributed by atoms with E-state index in [0.717, 1.165) is 6.07 Å². The number of hydrogen-bond donors (Lipinski definition) is 1. The number of aromatic hydroxyl groups is 1. The molecule has 8 heteroatoms. The maximum atomic E-state index is 10.7. The molecule has 0 bridgehead atoms. The molecule has 0 aliphatic rings. The zero-order chi connectivity index (χ0) is 13.9. The molecule has 0 heterocycles. The molecule has 1 N–H and O–H groups in total. The van der Waals surface area contributed by atoms with Crippen molar-refractivity contribution in [2.75, 3.05) is 0 Å². The van der Waals surface area contributed by atoms with Gasteiger partial charge in [-0.05, 0) is 13.3 Å². The predicted molar refractivity (Wildman–Crippen MR) is 61.8 cm³/mol. The quantitative estimate of drug-likeness (QED) is 0.638. The highest BCUT2D eigenvalue weighted by Gasteiger charge is 2.25. The molecule has 0 saturated carbocycles. The van der Waals surface area contributed by atoms with Crippen LogP contribution in [0.1, 0.15) is 20.3 Å². The molecule has 0 spiro atoms. The third-order valence-electron chi connectivity index (χ3n) is 2.35. The van der Waals surface area contributed by atoms with E-state index in [1.54, 1.807) is 6.92 Å². The molecule has 0 saturated heterocycles. The fourth-order valence-corrected chi connectivity index (χ4v) is 1.21. The average molecular weight is 256 g/mol. The number of ether oxygens (including phenoxy) is 1. The van der Waals surface area contributed by atoms with Gasteiger partial charge in [-0.25, -0.2) is 0 Å². The second-order valence-corrected chi connectivity index (χ2v) is 3.66. The van der Waals surface area contributed by atoms with Crippen LogP contribution in [-0.4, -0.2) is 21.1 Å². The number of non-ortho nitro benzene ring substituents is 1. The first-order valence-corrected chi connectivity index (χ1v) is 5.19. The van der Waals surface area contributed by atoms with E-state index in [2.05, 4.69) is 0 Å². The molecule has 1 aromatic carbocycles. The van der Waals surface area contributed by atoms with Crippen molar-refractivity contribution in [1.82, 2.24) is 0 Å². The summed E-state index contributed by atoms with van der Waals surface area (Å²) in [6.07, 6.45) is 0.271. The molecule has 0 fully saturated rings. The fourth-order valence-electron chi connectivity index (χ4n) is 1.21. The van der Waals surface area contributed by atoms with Gasteiger partial charge in [-0.15, -0.1) is 0 Å². The van der Waals surface area contributed by atoms with Crippen LogP contribution in [0, 0.1) is 20.2 Å². The molecule has 1 atom stereocenters. The van der Waals surface area contributed by atoms with E-state index in [4.69, 9.17) is 4.74 Å². The van der Waals surface area contributed by atoms with E-state index in [1.165, 1.54) is 0 Å². The Morgan fingerprint density at radius 2 is 1.94 bits per heavy atom. The van der Waals surface area contributed by atoms with Crippen molar-refractivity contribution >= 4 is 11.4 Å². The lowest BCUT2D eigenvalue weighted by Crippen LogP contribution is -2.10. The van der Waals surface area contributed by atoms with Crippen LogP contribution in [0.2, 0.25) is 0 Å². The summed E-state index contributed by atoms with van der Waals surface area (Å²) in [5.41, 5.74) is -1.25. The van der Waals surface area contributed by atoms with Gasteiger partial charge in [-0.2, -0.15) is 0 Å². The summed E-state index contributed by atoms with van der Waals surface area (Å²) in [4.78, 5) is 19.6. The Kier molecular flexibility index (Phi) is 4.03. The third-order valence-corrected chi connectivity index (χ3v) is 2.35. The Bertz CT molecular complexity index is 488. The molecular formula is C10H12N2O6. The summed E-state index contributed by atoms with van der Waals surface area (Å²) in [6.45, 7) is 3.50. The molecule has 0 aliphatic carbocycles. The van der Waals surface area contributed by atoms with E-state index >= 15 is 0 Å². The first-order chi connectivity index (χ1) is 8.36. The van der Waals surface area contributed by atoms with Gasteiger partial charge in [0.15, 0.2) is 5.75 Å². The highest BCUT2D eigenvalue weighted by Crippen LogP contribution is 2.40. The zero-order valence-electron chi connectivity index (χ0n) is 9.82. The third kappa shape index (κ3) is 2.84. The van der Waals surface area contributed by atoms with Crippen LogP contribution >= 0.6 is 0 Å². The fraction of sp³-hybridized carbons (Fsp3) is 0.400. The minimum absolute atomic E-state index is 0.259. The van der Waals surface area contributed by atoms with Gasteiger partial charge in [0.1, 0.15) is 0 Å². The number of nitrogens with zero attached hydrogens (tertiary/aromatic N) is 2. The number of phenols is 1. The van der Waals surface area contributed by atoms with Crippen molar-refractivity contribution in [2.45, 2.75) is 26.4 Å². The van der Waals surface area contributed by atoms with Crippen molar-refractivity contribution in [3.63, 3.8) is 0 Å². The van der Waals surface area contributed by atoms with Crippen LogP contribution in [-0.2, 0) is 0 Å². The molecule has 0 aromatic heterocycles. The van der Waals surface area contributed by atoms with Crippen molar-refractivity contribution in [3.05, 3.63) is 32.4 Å². The van der Waals surface area contributed by atoms with Crippen molar-refractivity contribution in [2.24, 2.45) is 0 Å². The van der Waals surface area contributed by atoms with E-state index < -0.39 is 27.0 Å². The molecule has 0 radical (unpaired) electrons. The monoisotopic (exact) mass is 256 g/mol. The first kappa shape index (κ1) is 13.7. The van der Waals surface area contributed by atoms with Crippen molar-refractivity contribution in [1.29, 1.82) is 0 Å². The molecule has 1 rings (SSSR count). The van der Waals surface area contributed by atoms with Crippen LogP contribution in [0.4, 0.5) is 11.4 Å². The van der Waals surface area contributed by atoms with E-state index in [0.29, 0.717) is 12.5 Å². The van der Waals surface area contributed by atoms with Gasteiger partial charge in [-0.3, -0.25) is 20.2 Å². The second kappa shape index (κ2) is 5.30. The van der Waals surface area contributed by atoms with E-state index in [1.807, 2.05) is 6.92 Å². The lowest BCUT2D eigenvalue weighted by Gasteiger charge is -2.13. The van der Waals surface area contributed by atoms with Crippen LogP contribution < -0.4 is 4.74 Å². The van der Waals surface area contributed by atoms with E-state index in [-0.39, 0.29) is 11.9 Å². The molecule has 18 heavy (non-hydrogen) atoms. The topological polar surface area (TPSA) is 116 Å². The predicted octanol–water partition coefficient (Wildman–Crippen LogP) is 2.39. The van der Waals surface area contributed by atoms with Gasteiger partial charge in [0.05, 0.1) is 28.1 Å². The zero-order valence-corrected chi connectivity index (χ0v) is 9.82. The number of rotatable bonds is 5. The Morgan fingerprint density at radius 3 is 2.39 bits per heavy atom. The highest BCUT2D eigenvalue weighted by molar-refractivity contribution is 5.61. The summed E-state index contributed by atoms with van der Waals surface area (Å²) >= 11 is 0. The Balaban J connectivity index is 3.31. The maximum absolute atomic E-state index is 10.7. The lowest BCUT2D eigenvalue weighted by molar-refractivity contribution is -0.394. The van der Waals surface area contributed by atoms with Crippen molar-refractivity contribution < 1.29 is 19.7 Å². The number of benzene rings is 1. The summed E-state index contributed by atoms with van der Waals surface area (Å²) in [7, 11) is 0. The highest BCUT2D eigenvalue weighted by atomic mass is 16.6. The molecule has 1 unspecified atom stereocenters. The molecular weight excluding hydrogens is 244 g/mol. The minimum Gasteiger partial charge on any atom is -0.500 e. The van der Waals surface area contributed by atoms with Crippen LogP contribution in [0.3, 0.4) is 0 Å². The van der Waals surface area contributed by atoms with Crippen molar-refractivity contribution in [3.8, 4) is 11.5 Å². The number of phenolic OH excluding ortho intramolecular Hbond substituents is 1. The summed E-state index contributed by atoms with van der Waals surface area (Å²) in [5.74, 6) is -0.962. The molecule has 0 amide bonds. The summed E-state index contributed by atoms with van der Waals surface area (Å²) in [6, 6.07) is 1.66. The van der Waals surface area contributed by atoms with Crippen LogP contribution in [0.5, 0.6) is 11.5 Å². The van der Waals surface area contributed by atoms with Gasteiger partial charge < -0.3 is 9.84 Å². The smallest absolute Gasteiger partial charge is 0.321 e. The maximum Gasteiger partial charge on any atom is 0.321 e. The minimum atomic E-state index is -0.897. The Hall–Kier alpha value is -2.38. The Morgan fingerprint density at radius 1 is 1.33 bits per heavy atom. The van der Waals surface area contributed by atoms with Crippen LogP contribution in [0.25, 0.3) is 0 Å². The largest absolute Gasteiger partial charge is 0.500 e. The van der Waals surface area contributed by atoms with Gasteiger partial charge >= 0.3 is 5.69 Å². The van der Waals surface area contributed by atoms with Gasteiger partial charge in [0, 0.05) is 0 Å². The van der Waals surface area contributed by atoms with Gasteiger partial charge in [0.2, 0.25) is 5.75 Å². The first-order valence-electron chi connectivity index (χ1n) is 5.19. The Labute approximate surface area is 102 Å². The van der Waals surface area contributed by atoms with Gasteiger partial charge in [-0.1, -0.05) is 6.92 Å². The van der Waals surface area contributed by atoms with E-state index in [9.17, 15) is 25.3 Å². The summed E-state index contributed by atoms with van der Waals surface area (Å²) < 4.78 is 5.22. The summed E-state index contributed by atoms with van der Waals surface area (Å²) in [5, 5.41) is 30.9. The standard InChI is InChI=1S/C10H12N2O6/c1-3-6(2)18-9-5-7(11(14)15)4-8(10(9)13)12(16)17/h4-6,13H,3H2,1-2H3.